The summed E-state index contributed by atoms with van der Waals surface area (Å²) in [6.45, 7) is 3.70. The van der Waals surface area contributed by atoms with Crippen LogP contribution in [0.2, 0.25) is 0 Å². The van der Waals surface area contributed by atoms with Crippen molar-refractivity contribution in [1.82, 2.24) is 15.1 Å². The molecule has 2 aromatic carbocycles. The average Bonchev–Trinajstić information content (AvgIpc) is 3.18. The first-order valence-electron chi connectivity index (χ1n) is 9.56. The topological polar surface area (TPSA) is 59.4 Å². The fourth-order valence-corrected chi connectivity index (χ4v) is 3.32. The minimum absolute atomic E-state index is 0.0560. The Bertz CT molecular complexity index is 903. The standard InChI is InChI=1S/C22H24N4O2/c27-21(23-15-18-7-3-1-4-8-18)17-26-16-20(19-9-5-2-6-10-19)22(24-26)25-11-13-28-14-12-25/h1-10,16H,11-15,17H2,(H,23,27). The van der Waals surface area contributed by atoms with Crippen molar-refractivity contribution in [3.05, 3.63) is 72.4 Å². The summed E-state index contributed by atoms with van der Waals surface area (Å²) >= 11 is 0. The molecule has 1 aromatic heterocycles. The molecule has 0 radical (unpaired) electrons. The van der Waals surface area contributed by atoms with Crippen LogP contribution in [0.4, 0.5) is 5.82 Å². The highest BCUT2D eigenvalue weighted by molar-refractivity contribution is 5.78. The van der Waals surface area contributed by atoms with E-state index in [9.17, 15) is 4.79 Å². The van der Waals surface area contributed by atoms with Crippen LogP contribution in [0.15, 0.2) is 66.9 Å². The number of nitrogens with one attached hydrogen (secondary N) is 1. The number of nitrogens with zero attached hydrogens (tertiary/aromatic N) is 3. The molecule has 0 aliphatic carbocycles. The highest BCUT2D eigenvalue weighted by Gasteiger charge is 2.20. The Balaban J connectivity index is 1.50. The van der Waals surface area contributed by atoms with Crippen LogP contribution in [-0.2, 0) is 22.6 Å². The Morgan fingerprint density at radius 1 is 1.00 bits per heavy atom. The second-order valence-electron chi connectivity index (χ2n) is 6.79. The van der Waals surface area contributed by atoms with Crippen LogP contribution < -0.4 is 10.2 Å². The molecule has 144 valence electrons. The van der Waals surface area contributed by atoms with Gasteiger partial charge in [0, 0.05) is 31.4 Å². The number of carbonyl (C=O) groups excluding carboxylic acids is 1. The molecular formula is C22H24N4O2. The Kier molecular flexibility index (Phi) is 5.68. The summed E-state index contributed by atoms with van der Waals surface area (Å²) < 4.78 is 7.20. The first-order valence-corrected chi connectivity index (χ1v) is 9.56. The summed E-state index contributed by atoms with van der Waals surface area (Å²) in [7, 11) is 0. The highest BCUT2D eigenvalue weighted by atomic mass is 16.5. The van der Waals surface area contributed by atoms with Gasteiger partial charge in [-0.1, -0.05) is 60.7 Å². The number of benzene rings is 2. The molecule has 3 aromatic rings. The van der Waals surface area contributed by atoms with Crippen LogP contribution in [0.1, 0.15) is 5.56 Å². The number of amides is 1. The molecule has 0 saturated carbocycles. The van der Waals surface area contributed by atoms with Crippen molar-refractivity contribution in [2.24, 2.45) is 0 Å². The molecule has 0 atom stereocenters. The highest BCUT2D eigenvalue weighted by Crippen LogP contribution is 2.30. The minimum Gasteiger partial charge on any atom is -0.378 e. The summed E-state index contributed by atoms with van der Waals surface area (Å²) in [5, 5.41) is 7.69. The number of hydrogen-bond donors (Lipinski definition) is 1. The van der Waals surface area contributed by atoms with Crippen LogP contribution in [0, 0.1) is 0 Å². The Morgan fingerprint density at radius 2 is 1.68 bits per heavy atom. The van der Waals surface area contributed by atoms with Gasteiger partial charge in [0.1, 0.15) is 6.54 Å². The van der Waals surface area contributed by atoms with Gasteiger partial charge in [-0.15, -0.1) is 0 Å². The lowest BCUT2D eigenvalue weighted by molar-refractivity contribution is -0.122. The van der Waals surface area contributed by atoms with Crippen molar-refractivity contribution in [2.75, 3.05) is 31.2 Å². The Labute approximate surface area is 164 Å². The largest absolute Gasteiger partial charge is 0.378 e. The molecular weight excluding hydrogens is 352 g/mol. The van der Waals surface area contributed by atoms with Crippen molar-refractivity contribution in [3.8, 4) is 11.1 Å². The Morgan fingerprint density at radius 3 is 2.39 bits per heavy atom. The molecule has 4 rings (SSSR count). The summed E-state index contributed by atoms with van der Waals surface area (Å²) in [6, 6.07) is 20.1. The average molecular weight is 376 g/mol. The summed E-state index contributed by atoms with van der Waals surface area (Å²) in [5.41, 5.74) is 3.22. The molecule has 0 spiro atoms. The molecule has 2 heterocycles. The van der Waals surface area contributed by atoms with E-state index >= 15 is 0 Å². The second-order valence-corrected chi connectivity index (χ2v) is 6.79. The van der Waals surface area contributed by atoms with E-state index in [4.69, 9.17) is 9.84 Å². The zero-order valence-electron chi connectivity index (χ0n) is 15.8. The van der Waals surface area contributed by atoms with Gasteiger partial charge in [-0.25, -0.2) is 0 Å². The van der Waals surface area contributed by atoms with Gasteiger partial charge in [-0.3, -0.25) is 9.48 Å². The fourth-order valence-electron chi connectivity index (χ4n) is 3.32. The van der Waals surface area contributed by atoms with Crippen molar-refractivity contribution in [3.63, 3.8) is 0 Å². The van der Waals surface area contributed by atoms with E-state index in [1.54, 1.807) is 4.68 Å². The van der Waals surface area contributed by atoms with Gasteiger partial charge in [0.05, 0.1) is 13.2 Å². The lowest BCUT2D eigenvalue weighted by Gasteiger charge is -2.27. The molecule has 0 bridgehead atoms. The Hall–Kier alpha value is -3.12. The zero-order chi connectivity index (χ0) is 19.2. The zero-order valence-corrected chi connectivity index (χ0v) is 15.8. The summed E-state index contributed by atoms with van der Waals surface area (Å²) in [5.74, 6) is 0.852. The lowest BCUT2D eigenvalue weighted by atomic mass is 10.1. The molecule has 1 saturated heterocycles. The van der Waals surface area contributed by atoms with Crippen LogP contribution in [0.25, 0.3) is 11.1 Å². The molecule has 0 unspecified atom stereocenters. The second kappa shape index (κ2) is 8.71. The number of hydrogen-bond acceptors (Lipinski definition) is 4. The normalized spacial score (nSPS) is 14.1. The molecule has 1 amide bonds. The summed E-state index contributed by atoms with van der Waals surface area (Å²) in [4.78, 5) is 14.6. The van der Waals surface area contributed by atoms with Gasteiger partial charge in [-0.2, -0.15) is 5.10 Å². The van der Waals surface area contributed by atoms with E-state index < -0.39 is 0 Å². The molecule has 6 nitrogen and oxygen atoms in total. The number of aromatic nitrogens is 2. The van der Waals surface area contributed by atoms with E-state index in [1.807, 2.05) is 54.7 Å². The van der Waals surface area contributed by atoms with Crippen molar-refractivity contribution < 1.29 is 9.53 Å². The number of anilines is 1. The van der Waals surface area contributed by atoms with Gasteiger partial charge < -0.3 is 15.0 Å². The third-order valence-corrected chi connectivity index (χ3v) is 4.78. The fraction of sp³-hybridized carbons (Fsp3) is 0.273. The summed E-state index contributed by atoms with van der Waals surface area (Å²) in [6.07, 6.45) is 1.96. The van der Waals surface area contributed by atoms with E-state index in [2.05, 4.69) is 22.3 Å². The van der Waals surface area contributed by atoms with E-state index in [1.165, 1.54) is 0 Å². The minimum atomic E-state index is -0.0560. The maximum atomic E-state index is 12.4. The van der Waals surface area contributed by atoms with Crippen molar-refractivity contribution >= 4 is 11.7 Å². The SMILES string of the molecule is O=C(Cn1cc(-c2ccccc2)c(N2CCOCC2)n1)NCc1ccccc1. The molecule has 1 aliphatic rings. The van der Waals surface area contributed by atoms with Gasteiger partial charge in [-0.05, 0) is 11.1 Å². The maximum absolute atomic E-state index is 12.4. The van der Waals surface area contributed by atoms with E-state index in [-0.39, 0.29) is 12.5 Å². The lowest BCUT2D eigenvalue weighted by Crippen LogP contribution is -2.37. The van der Waals surface area contributed by atoms with Gasteiger partial charge in [0.2, 0.25) is 5.91 Å². The monoisotopic (exact) mass is 376 g/mol. The third-order valence-electron chi connectivity index (χ3n) is 4.78. The molecule has 28 heavy (non-hydrogen) atoms. The van der Waals surface area contributed by atoms with E-state index in [0.29, 0.717) is 19.8 Å². The number of rotatable bonds is 6. The molecule has 1 aliphatic heterocycles. The smallest absolute Gasteiger partial charge is 0.241 e. The van der Waals surface area contributed by atoms with E-state index in [0.717, 1.165) is 35.6 Å². The predicted molar refractivity (Wildman–Crippen MR) is 109 cm³/mol. The molecule has 1 fully saturated rings. The van der Waals surface area contributed by atoms with Crippen LogP contribution in [-0.4, -0.2) is 42.0 Å². The van der Waals surface area contributed by atoms with Crippen molar-refractivity contribution in [1.29, 1.82) is 0 Å². The van der Waals surface area contributed by atoms with Gasteiger partial charge >= 0.3 is 0 Å². The van der Waals surface area contributed by atoms with Crippen LogP contribution >= 0.6 is 0 Å². The number of carbonyl (C=O) groups is 1. The molecule has 1 N–H and O–H groups in total. The first kappa shape index (κ1) is 18.3. The maximum Gasteiger partial charge on any atom is 0.241 e. The number of ether oxygens (including phenoxy) is 1. The van der Waals surface area contributed by atoms with Crippen molar-refractivity contribution in [2.45, 2.75) is 13.1 Å². The quantitative estimate of drug-likeness (QED) is 0.719. The van der Waals surface area contributed by atoms with Crippen LogP contribution in [0.5, 0.6) is 0 Å². The first-order chi connectivity index (χ1) is 13.8. The third kappa shape index (κ3) is 4.40. The predicted octanol–water partition coefficient (Wildman–Crippen LogP) is 2.70. The van der Waals surface area contributed by atoms with Gasteiger partial charge in [0.25, 0.3) is 0 Å². The van der Waals surface area contributed by atoms with Gasteiger partial charge in [0.15, 0.2) is 5.82 Å². The molecule has 6 heteroatoms. The number of morpholine rings is 1. The van der Waals surface area contributed by atoms with Crippen LogP contribution in [0.3, 0.4) is 0 Å².